The summed E-state index contributed by atoms with van der Waals surface area (Å²) in [5.74, 6) is 0.572. The minimum atomic E-state index is -0.289. The Bertz CT molecular complexity index is 643. The van der Waals surface area contributed by atoms with Crippen LogP contribution < -0.4 is 15.0 Å². The quantitative estimate of drug-likeness (QED) is 0.467. The molecule has 6 nitrogen and oxygen atoms in total. The lowest BCUT2D eigenvalue weighted by molar-refractivity contribution is -0.117. The van der Waals surface area contributed by atoms with E-state index in [0.29, 0.717) is 6.54 Å². The predicted molar refractivity (Wildman–Crippen MR) is 98.4 cm³/mol. The zero-order valence-corrected chi connectivity index (χ0v) is 15.0. The number of piperazine rings is 1. The third-order valence-electron chi connectivity index (χ3n) is 4.23. The van der Waals surface area contributed by atoms with Gasteiger partial charge in [-0.25, -0.2) is 0 Å². The van der Waals surface area contributed by atoms with Crippen molar-refractivity contribution >= 4 is 11.6 Å². The molecule has 0 radical (unpaired) electrons. The number of benzene rings is 1. The molecule has 1 aromatic rings. The van der Waals surface area contributed by atoms with Crippen molar-refractivity contribution in [2.45, 2.75) is 19.8 Å². The first-order valence-electron chi connectivity index (χ1n) is 8.71. The first-order chi connectivity index (χ1) is 12.2. The van der Waals surface area contributed by atoms with Crippen LogP contribution in [0.5, 0.6) is 5.75 Å². The highest BCUT2D eigenvalue weighted by Gasteiger charge is 2.19. The summed E-state index contributed by atoms with van der Waals surface area (Å²) in [5, 5.41) is 12.0. The van der Waals surface area contributed by atoms with Gasteiger partial charge in [-0.05, 0) is 18.6 Å². The summed E-state index contributed by atoms with van der Waals surface area (Å²) in [5.41, 5.74) is 1.24. The molecule has 25 heavy (non-hydrogen) atoms. The summed E-state index contributed by atoms with van der Waals surface area (Å²) in [4.78, 5) is 16.3. The number of para-hydroxylation sites is 2. The zero-order valence-electron chi connectivity index (χ0n) is 15.0. The third kappa shape index (κ3) is 5.15. The summed E-state index contributed by atoms with van der Waals surface area (Å²) in [6, 6.07) is 9.97. The van der Waals surface area contributed by atoms with Crippen molar-refractivity contribution in [3.8, 4) is 11.8 Å². The minimum Gasteiger partial charge on any atom is -0.495 e. The molecule has 0 saturated carbocycles. The highest BCUT2D eigenvalue weighted by Crippen LogP contribution is 2.28. The van der Waals surface area contributed by atoms with Crippen LogP contribution >= 0.6 is 0 Å². The van der Waals surface area contributed by atoms with Crippen LogP contribution in [0.2, 0.25) is 0 Å². The van der Waals surface area contributed by atoms with Crippen molar-refractivity contribution in [3.05, 3.63) is 36.0 Å². The van der Waals surface area contributed by atoms with Gasteiger partial charge >= 0.3 is 0 Å². The van der Waals surface area contributed by atoms with Gasteiger partial charge in [0.05, 0.1) is 12.8 Å². The second-order valence-electron chi connectivity index (χ2n) is 5.96. The molecule has 0 aromatic heterocycles. The van der Waals surface area contributed by atoms with E-state index in [1.165, 1.54) is 0 Å². The SMILES string of the molecule is CCCCNC(=O)/C(C#N)=C\N1CCN(c2ccccc2OC)CC1. The van der Waals surface area contributed by atoms with E-state index < -0.39 is 0 Å². The average molecular weight is 342 g/mol. The van der Waals surface area contributed by atoms with Crippen molar-refractivity contribution in [1.82, 2.24) is 10.2 Å². The maximum absolute atomic E-state index is 12.0. The van der Waals surface area contributed by atoms with Gasteiger partial charge in [-0.1, -0.05) is 25.5 Å². The lowest BCUT2D eigenvalue weighted by Crippen LogP contribution is -2.44. The number of amides is 1. The second kappa shape index (κ2) is 9.58. The van der Waals surface area contributed by atoms with E-state index in [1.807, 2.05) is 35.2 Å². The molecule has 134 valence electrons. The first kappa shape index (κ1) is 18.7. The van der Waals surface area contributed by atoms with Crippen LogP contribution in [0.3, 0.4) is 0 Å². The lowest BCUT2D eigenvalue weighted by Gasteiger charge is -2.36. The molecule has 1 aliphatic heterocycles. The predicted octanol–water partition coefficient (Wildman–Crippen LogP) is 2.14. The molecule has 1 N–H and O–H groups in total. The Morgan fingerprint density at radius 3 is 2.68 bits per heavy atom. The smallest absolute Gasteiger partial charge is 0.263 e. The summed E-state index contributed by atoms with van der Waals surface area (Å²) in [6.07, 6.45) is 3.61. The van der Waals surface area contributed by atoms with E-state index in [9.17, 15) is 10.1 Å². The average Bonchev–Trinajstić information content (AvgIpc) is 2.66. The molecule has 6 heteroatoms. The summed E-state index contributed by atoms with van der Waals surface area (Å²) >= 11 is 0. The molecule has 1 aromatic carbocycles. The monoisotopic (exact) mass is 342 g/mol. The Labute approximate surface area is 149 Å². The molecular formula is C19H26N4O2. The van der Waals surface area contributed by atoms with E-state index in [0.717, 1.165) is 50.5 Å². The number of carbonyl (C=O) groups excluding carboxylic acids is 1. The van der Waals surface area contributed by atoms with Crippen LogP contribution in [-0.4, -0.2) is 50.6 Å². The van der Waals surface area contributed by atoms with Crippen LogP contribution in [0.4, 0.5) is 5.69 Å². The maximum Gasteiger partial charge on any atom is 0.263 e. The number of hydrogen-bond donors (Lipinski definition) is 1. The topological polar surface area (TPSA) is 68.6 Å². The molecule has 0 unspecified atom stereocenters. The standard InChI is InChI=1S/C19H26N4O2/c1-3-4-9-21-19(24)16(14-20)15-22-10-12-23(13-11-22)17-7-5-6-8-18(17)25-2/h5-8,15H,3-4,9-13H2,1-2H3,(H,21,24)/b16-15-. The van der Waals surface area contributed by atoms with Crippen LogP contribution in [-0.2, 0) is 4.79 Å². The van der Waals surface area contributed by atoms with Gasteiger partial charge in [-0.2, -0.15) is 5.26 Å². The molecule has 0 bridgehead atoms. The van der Waals surface area contributed by atoms with Crippen LogP contribution in [0.1, 0.15) is 19.8 Å². The Balaban J connectivity index is 1.94. The largest absolute Gasteiger partial charge is 0.495 e. The fourth-order valence-corrected chi connectivity index (χ4v) is 2.78. The van der Waals surface area contributed by atoms with Gasteiger partial charge in [0.25, 0.3) is 5.91 Å². The molecule has 1 heterocycles. The van der Waals surface area contributed by atoms with Crippen LogP contribution in [0.15, 0.2) is 36.0 Å². The summed E-state index contributed by atoms with van der Waals surface area (Å²) in [6.45, 7) is 5.81. The van der Waals surface area contributed by atoms with Gasteiger partial charge in [0.1, 0.15) is 17.4 Å². The van der Waals surface area contributed by atoms with Gasteiger partial charge in [0, 0.05) is 38.9 Å². The zero-order chi connectivity index (χ0) is 18.1. The Morgan fingerprint density at radius 2 is 2.04 bits per heavy atom. The van der Waals surface area contributed by atoms with Gasteiger partial charge in [-0.15, -0.1) is 0 Å². The molecule has 1 fully saturated rings. The van der Waals surface area contributed by atoms with Crippen molar-refractivity contribution in [3.63, 3.8) is 0 Å². The molecule has 0 atom stereocenters. The highest BCUT2D eigenvalue weighted by molar-refractivity contribution is 5.97. The van der Waals surface area contributed by atoms with Gasteiger partial charge in [-0.3, -0.25) is 4.79 Å². The van der Waals surface area contributed by atoms with Crippen molar-refractivity contribution in [2.24, 2.45) is 0 Å². The van der Waals surface area contributed by atoms with Gasteiger partial charge in [0.2, 0.25) is 0 Å². The molecule has 0 aliphatic carbocycles. The number of nitrogens with zero attached hydrogens (tertiary/aromatic N) is 3. The highest BCUT2D eigenvalue weighted by atomic mass is 16.5. The number of rotatable bonds is 7. The fraction of sp³-hybridized carbons (Fsp3) is 0.474. The van der Waals surface area contributed by atoms with E-state index in [4.69, 9.17) is 4.74 Å². The molecule has 2 rings (SSSR count). The van der Waals surface area contributed by atoms with E-state index in [2.05, 4.69) is 17.1 Å². The number of methoxy groups -OCH3 is 1. The minimum absolute atomic E-state index is 0.168. The number of nitrogens with one attached hydrogen (secondary N) is 1. The number of hydrogen-bond acceptors (Lipinski definition) is 5. The Hall–Kier alpha value is -2.68. The van der Waals surface area contributed by atoms with Gasteiger partial charge in [0.15, 0.2) is 0 Å². The number of nitriles is 1. The summed E-state index contributed by atoms with van der Waals surface area (Å²) < 4.78 is 5.42. The lowest BCUT2D eigenvalue weighted by atomic mass is 10.2. The maximum atomic E-state index is 12.0. The molecular weight excluding hydrogens is 316 g/mol. The number of carbonyl (C=O) groups is 1. The van der Waals surface area contributed by atoms with Crippen molar-refractivity contribution in [2.75, 3.05) is 44.7 Å². The number of ether oxygens (including phenoxy) is 1. The molecule has 1 amide bonds. The molecule has 1 aliphatic rings. The molecule has 1 saturated heterocycles. The van der Waals surface area contributed by atoms with Crippen LogP contribution in [0, 0.1) is 11.3 Å². The first-order valence-corrected chi connectivity index (χ1v) is 8.71. The second-order valence-corrected chi connectivity index (χ2v) is 5.96. The van der Waals surface area contributed by atoms with E-state index >= 15 is 0 Å². The van der Waals surface area contributed by atoms with Crippen molar-refractivity contribution in [1.29, 1.82) is 5.26 Å². The van der Waals surface area contributed by atoms with Crippen molar-refractivity contribution < 1.29 is 9.53 Å². The third-order valence-corrected chi connectivity index (χ3v) is 4.23. The van der Waals surface area contributed by atoms with Gasteiger partial charge < -0.3 is 19.9 Å². The van der Waals surface area contributed by atoms with E-state index in [1.54, 1.807) is 13.3 Å². The summed E-state index contributed by atoms with van der Waals surface area (Å²) in [7, 11) is 1.67. The Morgan fingerprint density at radius 1 is 1.32 bits per heavy atom. The number of anilines is 1. The Kier molecular flexibility index (Phi) is 7.15. The molecule has 0 spiro atoms. The van der Waals surface area contributed by atoms with Crippen LogP contribution in [0.25, 0.3) is 0 Å². The normalized spacial score (nSPS) is 14.8. The van der Waals surface area contributed by atoms with E-state index in [-0.39, 0.29) is 11.5 Å². The fourth-order valence-electron chi connectivity index (χ4n) is 2.78. The number of unbranched alkanes of at least 4 members (excludes halogenated alkanes) is 1.